The number of carbonyl (C=O) groups is 3. The average Bonchev–Trinajstić information content (AvgIpc) is 2.82. The van der Waals surface area contributed by atoms with Crippen molar-refractivity contribution in [3.8, 4) is 5.75 Å². The molecule has 1 aliphatic heterocycles. The van der Waals surface area contributed by atoms with E-state index in [4.69, 9.17) is 15.2 Å². The van der Waals surface area contributed by atoms with Crippen LogP contribution in [-0.2, 0) is 20.7 Å². The number of hydrogen-bond acceptors (Lipinski definition) is 9. The van der Waals surface area contributed by atoms with Crippen molar-refractivity contribution in [1.82, 2.24) is 0 Å². The minimum absolute atomic E-state index is 0.00853. The second-order valence-electron chi connectivity index (χ2n) is 9.67. The van der Waals surface area contributed by atoms with E-state index in [9.17, 15) is 29.7 Å². The van der Waals surface area contributed by atoms with E-state index in [1.165, 1.54) is 6.92 Å². The lowest BCUT2D eigenvalue weighted by molar-refractivity contribution is -0.237. The highest BCUT2D eigenvalue weighted by Crippen LogP contribution is 2.48. The second-order valence-corrected chi connectivity index (χ2v) is 9.67. The van der Waals surface area contributed by atoms with E-state index in [-0.39, 0.29) is 71.0 Å². The summed E-state index contributed by atoms with van der Waals surface area (Å²) in [5.74, 6) is -1.55. The van der Waals surface area contributed by atoms with Crippen molar-refractivity contribution in [2.75, 3.05) is 6.61 Å². The number of nitrogens with two attached hydrogens (primary N) is 1. The number of carbonyl (C=O) groups excluding carboxylic acids is 3. The van der Waals surface area contributed by atoms with Crippen molar-refractivity contribution >= 4 is 17.3 Å². The number of Topliss-reactive ketones (excluding diaryl/α,β-unsaturated/α-hetero) is 1. The Labute approximate surface area is 201 Å². The second kappa shape index (κ2) is 8.32. The van der Waals surface area contributed by atoms with Crippen molar-refractivity contribution in [2.45, 2.75) is 63.3 Å². The number of aromatic hydroxyl groups is 1. The Kier molecular flexibility index (Phi) is 5.65. The predicted molar refractivity (Wildman–Crippen MR) is 122 cm³/mol. The first kappa shape index (κ1) is 23.8. The maximum absolute atomic E-state index is 13.5. The van der Waals surface area contributed by atoms with E-state index in [0.717, 1.165) is 0 Å². The van der Waals surface area contributed by atoms with Gasteiger partial charge in [0.2, 0.25) is 0 Å². The molecule has 0 aromatic heterocycles. The van der Waals surface area contributed by atoms with Crippen molar-refractivity contribution in [3.05, 3.63) is 63.2 Å². The largest absolute Gasteiger partial charge is 0.507 e. The average molecular weight is 482 g/mol. The molecule has 5 rings (SSSR count). The molecule has 1 fully saturated rings. The summed E-state index contributed by atoms with van der Waals surface area (Å²) in [5, 5.41) is 31.2. The first-order valence-electron chi connectivity index (χ1n) is 11.5. The number of ketones is 3. The molecular formula is C26H27NO8. The van der Waals surface area contributed by atoms with Gasteiger partial charge in [-0.1, -0.05) is 24.3 Å². The number of aliphatic hydroxyl groups excluding tert-OH is 2. The van der Waals surface area contributed by atoms with Gasteiger partial charge in [-0.25, -0.2) is 0 Å². The SMILES string of the molecule is CC(=O)C1(N)Cc2c(O)c3c(c(C)c2C(OC2CC(O)C(O)CO2)C1)C(=O)c1ccccc1C3=O. The van der Waals surface area contributed by atoms with Gasteiger partial charge in [-0.3, -0.25) is 14.4 Å². The number of benzene rings is 2. The van der Waals surface area contributed by atoms with E-state index >= 15 is 0 Å². The number of fused-ring (bicyclic) bond motifs is 3. The Morgan fingerprint density at radius 1 is 1.11 bits per heavy atom. The minimum atomic E-state index is -1.39. The maximum Gasteiger partial charge on any atom is 0.198 e. The van der Waals surface area contributed by atoms with Crippen LogP contribution in [0.5, 0.6) is 5.75 Å². The number of aliphatic hydroxyl groups is 2. The van der Waals surface area contributed by atoms with Crippen molar-refractivity contribution in [3.63, 3.8) is 0 Å². The van der Waals surface area contributed by atoms with E-state index in [1.54, 1.807) is 31.2 Å². The highest BCUT2D eigenvalue weighted by Gasteiger charge is 2.47. The molecule has 184 valence electrons. The van der Waals surface area contributed by atoms with Crippen LogP contribution < -0.4 is 5.73 Å². The van der Waals surface area contributed by atoms with E-state index in [0.29, 0.717) is 11.1 Å². The van der Waals surface area contributed by atoms with Gasteiger partial charge in [0.1, 0.15) is 17.6 Å². The molecule has 0 saturated carbocycles. The lowest BCUT2D eigenvalue weighted by Crippen LogP contribution is -2.53. The molecule has 9 heteroatoms. The van der Waals surface area contributed by atoms with Crippen LogP contribution in [0.1, 0.15) is 74.4 Å². The molecule has 0 bridgehead atoms. The van der Waals surface area contributed by atoms with Gasteiger partial charge in [-0.05, 0) is 25.0 Å². The first-order chi connectivity index (χ1) is 16.5. The van der Waals surface area contributed by atoms with Crippen LogP contribution in [0, 0.1) is 6.92 Å². The normalized spacial score (nSPS) is 29.9. The highest BCUT2D eigenvalue weighted by molar-refractivity contribution is 6.30. The van der Waals surface area contributed by atoms with Gasteiger partial charge in [0.15, 0.2) is 17.9 Å². The van der Waals surface area contributed by atoms with Crippen molar-refractivity contribution in [1.29, 1.82) is 0 Å². The molecule has 35 heavy (non-hydrogen) atoms. The zero-order valence-corrected chi connectivity index (χ0v) is 19.4. The van der Waals surface area contributed by atoms with Crippen molar-refractivity contribution in [2.24, 2.45) is 5.73 Å². The molecule has 3 aliphatic rings. The Balaban J connectivity index is 1.67. The summed E-state index contributed by atoms with van der Waals surface area (Å²) < 4.78 is 11.7. The Morgan fingerprint density at radius 2 is 1.74 bits per heavy atom. The van der Waals surface area contributed by atoms with Gasteiger partial charge in [-0.2, -0.15) is 0 Å². The Hall–Kier alpha value is -2.95. The zero-order valence-electron chi connectivity index (χ0n) is 19.4. The van der Waals surface area contributed by atoms with Gasteiger partial charge in [0, 0.05) is 41.5 Å². The molecule has 0 amide bonds. The fourth-order valence-corrected chi connectivity index (χ4v) is 5.44. The molecular weight excluding hydrogens is 454 g/mol. The molecule has 0 spiro atoms. The van der Waals surface area contributed by atoms with Gasteiger partial charge in [0.05, 0.1) is 29.9 Å². The van der Waals surface area contributed by atoms with Crippen LogP contribution in [0.4, 0.5) is 0 Å². The quantitative estimate of drug-likeness (QED) is 0.432. The third-order valence-electron chi connectivity index (χ3n) is 7.46. The molecule has 2 aromatic rings. The summed E-state index contributed by atoms with van der Waals surface area (Å²) in [5.41, 5.74) is 6.79. The summed E-state index contributed by atoms with van der Waals surface area (Å²) in [6.45, 7) is 2.90. The summed E-state index contributed by atoms with van der Waals surface area (Å²) in [7, 11) is 0. The molecule has 5 N–H and O–H groups in total. The third-order valence-corrected chi connectivity index (χ3v) is 7.46. The zero-order chi connectivity index (χ0) is 25.2. The third kappa shape index (κ3) is 3.62. The monoisotopic (exact) mass is 481 g/mol. The molecule has 1 saturated heterocycles. The fraction of sp³-hybridized carbons (Fsp3) is 0.423. The summed E-state index contributed by atoms with van der Waals surface area (Å²) in [6, 6.07) is 6.44. The van der Waals surface area contributed by atoms with Crippen LogP contribution in [0.25, 0.3) is 0 Å². The lowest BCUT2D eigenvalue weighted by Gasteiger charge is -2.42. The Bertz CT molecular complexity index is 1270. The number of phenols is 1. The van der Waals surface area contributed by atoms with Crippen molar-refractivity contribution < 1.29 is 39.2 Å². The highest BCUT2D eigenvalue weighted by atomic mass is 16.7. The van der Waals surface area contributed by atoms with Gasteiger partial charge < -0.3 is 30.5 Å². The van der Waals surface area contributed by atoms with Crippen LogP contribution >= 0.6 is 0 Å². The molecule has 9 nitrogen and oxygen atoms in total. The van der Waals surface area contributed by atoms with Gasteiger partial charge in [-0.15, -0.1) is 0 Å². The lowest BCUT2D eigenvalue weighted by atomic mass is 9.69. The van der Waals surface area contributed by atoms with Crippen LogP contribution in [0.2, 0.25) is 0 Å². The van der Waals surface area contributed by atoms with Gasteiger partial charge in [0.25, 0.3) is 0 Å². The van der Waals surface area contributed by atoms with E-state index in [2.05, 4.69) is 0 Å². The number of hydrogen-bond donors (Lipinski definition) is 4. The molecule has 2 aromatic carbocycles. The minimum Gasteiger partial charge on any atom is -0.507 e. The summed E-state index contributed by atoms with van der Waals surface area (Å²) in [6.07, 6.45) is -3.86. The molecule has 1 heterocycles. The topological polar surface area (TPSA) is 156 Å². The molecule has 0 radical (unpaired) electrons. The molecule has 2 aliphatic carbocycles. The van der Waals surface area contributed by atoms with Crippen LogP contribution in [-0.4, -0.2) is 63.3 Å². The number of ether oxygens (including phenoxy) is 2. The van der Waals surface area contributed by atoms with Gasteiger partial charge >= 0.3 is 0 Å². The molecule has 5 unspecified atom stereocenters. The summed E-state index contributed by atoms with van der Waals surface area (Å²) >= 11 is 0. The summed E-state index contributed by atoms with van der Waals surface area (Å²) in [4.78, 5) is 39.4. The number of rotatable bonds is 3. The van der Waals surface area contributed by atoms with Crippen LogP contribution in [0.3, 0.4) is 0 Å². The molecule has 5 atom stereocenters. The van der Waals surface area contributed by atoms with E-state index in [1.807, 2.05) is 0 Å². The standard InChI is InChI=1S/C26H27NO8/c1-11-20-15(25(33)22-21(11)23(31)13-5-3-4-6-14(13)24(22)32)8-26(27,12(2)28)9-18(20)35-19-7-16(29)17(30)10-34-19/h3-6,16-19,29-30,33H,7-10,27H2,1-2H3. The fourth-order valence-electron chi connectivity index (χ4n) is 5.44. The number of phenolic OH excluding ortho intramolecular Hbond substituents is 1. The Morgan fingerprint density at radius 3 is 2.34 bits per heavy atom. The smallest absolute Gasteiger partial charge is 0.198 e. The predicted octanol–water partition coefficient (Wildman–Crippen LogP) is 1.23. The first-order valence-corrected chi connectivity index (χ1v) is 11.5. The maximum atomic E-state index is 13.5. The van der Waals surface area contributed by atoms with E-state index < -0.39 is 35.9 Å². The van der Waals surface area contributed by atoms with Crippen LogP contribution in [0.15, 0.2) is 24.3 Å².